The standard InChI is InChI=1S/C13H16N2O/c1-10-5-4-6-11(7-10)13(16-3)12-8-15(2)9-14-12/h4-9,13H,1-3H3. The summed E-state index contributed by atoms with van der Waals surface area (Å²) in [5.41, 5.74) is 3.31. The predicted molar refractivity (Wildman–Crippen MR) is 63.2 cm³/mol. The van der Waals surface area contributed by atoms with Crippen LogP contribution in [0.3, 0.4) is 0 Å². The lowest BCUT2D eigenvalue weighted by molar-refractivity contribution is 0.133. The van der Waals surface area contributed by atoms with E-state index in [0.29, 0.717) is 0 Å². The number of hydrogen-bond acceptors (Lipinski definition) is 2. The Hall–Kier alpha value is -1.61. The van der Waals surface area contributed by atoms with Crippen LogP contribution in [0.5, 0.6) is 0 Å². The molecule has 0 spiro atoms. The highest BCUT2D eigenvalue weighted by molar-refractivity contribution is 5.29. The van der Waals surface area contributed by atoms with Gasteiger partial charge in [0.25, 0.3) is 0 Å². The fourth-order valence-electron chi connectivity index (χ4n) is 1.83. The maximum absolute atomic E-state index is 5.51. The molecule has 0 saturated heterocycles. The third kappa shape index (κ3) is 2.14. The number of benzene rings is 1. The summed E-state index contributed by atoms with van der Waals surface area (Å²) >= 11 is 0. The zero-order chi connectivity index (χ0) is 11.5. The SMILES string of the molecule is COC(c1cccc(C)c1)c1cn(C)cn1. The monoisotopic (exact) mass is 216 g/mol. The van der Waals surface area contributed by atoms with Crippen LogP contribution in [-0.2, 0) is 11.8 Å². The number of aromatic nitrogens is 2. The molecule has 1 unspecified atom stereocenters. The van der Waals surface area contributed by atoms with Crippen LogP contribution in [-0.4, -0.2) is 16.7 Å². The topological polar surface area (TPSA) is 27.1 Å². The van der Waals surface area contributed by atoms with E-state index in [4.69, 9.17) is 4.74 Å². The molecule has 1 aromatic carbocycles. The first-order valence-electron chi connectivity index (χ1n) is 5.28. The molecule has 0 aliphatic rings. The first kappa shape index (κ1) is 10.9. The van der Waals surface area contributed by atoms with Gasteiger partial charge in [0.05, 0.1) is 12.0 Å². The molecule has 84 valence electrons. The number of methoxy groups -OCH3 is 1. The van der Waals surface area contributed by atoms with E-state index >= 15 is 0 Å². The molecule has 0 aliphatic heterocycles. The first-order chi connectivity index (χ1) is 7.70. The van der Waals surface area contributed by atoms with Gasteiger partial charge < -0.3 is 9.30 Å². The number of aryl methyl sites for hydroxylation is 2. The predicted octanol–water partition coefficient (Wildman–Crippen LogP) is 2.46. The Morgan fingerprint density at radius 1 is 1.38 bits per heavy atom. The quantitative estimate of drug-likeness (QED) is 0.788. The molecular formula is C13H16N2O. The fourth-order valence-corrected chi connectivity index (χ4v) is 1.83. The third-order valence-corrected chi connectivity index (χ3v) is 2.57. The van der Waals surface area contributed by atoms with Crippen molar-refractivity contribution in [1.29, 1.82) is 0 Å². The Labute approximate surface area is 95.7 Å². The zero-order valence-corrected chi connectivity index (χ0v) is 9.84. The average Bonchev–Trinajstić information content (AvgIpc) is 2.66. The van der Waals surface area contributed by atoms with Gasteiger partial charge >= 0.3 is 0 Å². The van der Waals surface area contributed by atoms with Crippen LogP contribution >= 0.6 is 0 Å². The molecule has 3 heteroatoms. The van der Waals surface area contributed by atoms with Crippen molar-refractivity contribution in [3.63, 3.8) is 0 Å². The van der Waals surface area contributed by atoms with Crippen LogP contribution in [0.15, 0.2) is 36.8 Å². The molecule has 0 saturated carbocycles. The van der Waals surface area contributed by atoms with Crippen molar-refractivity contribution >= 4 is 0 Å². The summed E-state index contributed by atoms with van der Waals surface area (Å²) in [6.45, 7) is 2.08. The molecule has 0 bridgehead atoms. The molecule has 16 heavy (non-hydrogen) atoms. The van der Waals surface area contributed by atoms with Gasteiger partial charge in [-0.2, -0.15) is 0 Å². The van der Waals surface area contributed by atoms with Crippen LogP contribution in [0, 0.1) is 6.92 Å². The van der Waals surface area contributed by atoms with E-state index in [2.05, 4.69) is 30.1 Å². The molecule has 0 fully saturated rings. The summed E-state index contributed by atoms with van der Waals surface area (Å²) in [7, 11) is 3.67. The highest BCUT2D eigenvalue weighted by Gasteiger charge is 2.15. The molecule has 0 radical (unpaired) electrons. The summed E-state index contributed by atoms with van der Waals surface area (Å²) in [6.07, 6.45) is 3.69. The number of nitrogens with zero attached hydrogens (tertiary/aromatic N) is 2. The van der Waals surface area contributed by atoms with E-state index in [1.807, 2.05) is 23.9 Å². The Morgan fingerprint density at radius 2 is 2.19 bits per heavy atom. The first-order valence-corrected chi connectivity index (χ1v) is 5.28. The van der Waals surface area contributed by atoms with Gasteiger partial charge in [-0.3, -0.25) is 0 Å². The maximum atomic E-state index is 5.51. The highest BCUT2D eigenvalue weighted by Crippen LogP contribution is 2.24. The summed E-state index contributed by atoms with van der Waals surface area (Å²) in [6, 6.07) is 8.31. The Morgan fingerprint density at radius 3 is 2.75 bits per heavy atom. The van der Waals surface area contributed by atoms with Gasteiger partial charge in [0.1, 0.15) is 6.10 Å². The molecule has 1 heterocycles. The second-order valence-electron chi connectivity index (χ2n) is 3.99. The lowest BCUT2D eigenvalue weighted by atomic mass is 10.0. The number of hydrogen-bond donors (Lipinski definition) is 0. The van der Waals surface area contributed by atoms with Crippen LogP contribution in [0.1, 0.15) is 22.9 Å². The molecule has 1 atom stereocenters. The number of ether oxygens (including phenoxy) is 1. The van der Waals surface area contributed by atoms with Crippen molar-refractivity contribution in [3.8, 4) is 0 Å². The lowest BCUT2D eigenvalue weighted by Gasteiger charge is -2.13. The van der Waals surface area contributed by atoms with E-state index in [1.165, 1.54) is 5.56 Å². The van der Waals surface area contributed by atoms with Crippen LogP contribution in [0.2, 0.25) is 0 Å². The summed E-state index contributed by atoms with van der Waals surface area (Å²) in [5.74, 6) is 0. The van der Waals surface area contributed by atoms with Gasteiger partial charge in [0, 0.05) is 20.4 Å². The van der Waals surface area contributed by atoms with Gasteiger partial charge in [0.15, 0.2) is 0 Å². The van der Waals surface area contributed by atoms with Gasteiger partial charge in [-0.15, -0.1) is 0 Å². The van der Waals surface area contributed by atoms with Crippen molar-refractivity contribution in [2.24, 2.45) is 7.05 Å². The van der Waals surface area contributed by atoms with Gasteiger partial charge in [-0.1, -0.05) is 29.8 Å². The van der Waals surface area contributed by atoms with E-state index in [9.17, 15) is 0 Å². The Kier molecular flexibility index (Phi) is 3.06. The minimum Gasteiger partial charge on any atom is -0.370 e. The van der Waals surface area contributed by atoms with Crippen LogP contribution < -0.4 is 0 Å². The largest absolute Gasteiger partial charge is 0.370 e. The fraction of sp³-hybridized carbons (Fsp3) is 0.308. The van der Waals surface area contributed by atoms with E-state index in [1.54, 1.807) is 13.4 Å². The highest BCUT2D eigenvalue weighted by atomic mass is 16.5. The van der Waals surface area contributed by atoms with Crippen LogP contribution in [0.4, 0.5) is 0 Å². The molecule has 2 rings (SSSR count). The third-order valence-electron chi connectivity index (χ3n) is 2.57. The molecule has 0 N–H and O–H groups in total. The number of imidazole rings is 1. The molecule has 0 amide bonds. The second-order valence-corrected chi connectivity index (χ2v) is 3.99. The summed E-state index contributed by atoms with van der Waals surface area (Å²) in [5, 5.41) is 0. The lowest BCUT2D eigenvalue weighted by Crippen LogP contribution is -2.04. The van der Waals surface area contributed by atoms with Gasteiger partial charge in [-0.05, 0) is 12.5 Å². The minimum absolute atomic E-state index is 0.0823. The van der Waals surface area contributed by atoms with E-state index in [-0.39, 0.29) is 6.10 Å². The Bertz CT molecular complexity index is 476. The zero-order valence-electron chi connectivity index (χ0n) is 9.84. The van der Waals surface area contributed by atoms with Crippen molar-refractivity contribution in [2.75, 3.05) is 7.11 Å². The van der Waals surface area contributed by atoms with Gasteiger partial charge in [0.2, 0.25) is 0 Å². The van der Waals surface area contributed by atoms with E-state index in [0.717, 1.165) is 11.3 Å². The smallest absolute Gasteiger partial charge is 0.126 e. The Balaban J connectivity index is 2.36. The second kappa shape index (κ2) is 4.49. The molecule has 0 aliphatic carbocycles. The van der Waals surface area contributed by atoms with Crippen molar-refractivity contribution < 1.29 is 4.74 Å². The molecular weight excluding hydrogens is 200 g/mol. The van der Waals surface area contributed by atoms with Crippen molar-refractivity contribution in [3.05, 3.63) is 53.6 Å². The molecule has 1 aromatic heterocycles. The van der Waals surface area contributed by atoms with Crippen molar-refractivity contribution in [2.45, 2.75) is 13.0 Å². The normalized spacial score (nSPS) is 12.7. The van der Waals surface area contributed by atoms with E-state index < -0.39 is 0 Å². The van der Waals surface area contributed by atoms with Crippen molar-refractivity contribution in [1.82, 2.24) is 9.55 Å². The summed E-state index contributed by atoms with van der Waals surface area (Å²) in [4.78, 5) is 4.33. The molecule has 2 aromatic rings. The maximum Gasteiger partial charge on any atom is 0.126 e. The van der Waals surface area contributed by atoms with Gasteiger partial charge in [-0.25, -0.2) is 4.98 Å². The van der Waals surface area contributed by atoms with Crippen LogP contribution in [0.25, 0.3) is 0 Å². The average molecular weight is 216 g/mol. The molecule has 3 nitrogen and oxygen atoms in total. The summed E-state index contributed by atoms with van der Waals surface area (Å²) < 4.78 is 7.44. The minimum atomic E-state index is -0.0823. The number of rotatable bonds is 3.